The van der Waals surface area contributed by atoms with E-state index in [2.05, 4.69) is 27.2 Å². The molecule has 6 rings (SSSR count). The first-order valence-corrected chi connectivity index (χ1v) is 15.1. The van der Waals surface area contributed by atoms with Gasteiger partial charge in [-0.25, -0.2) is 13.4 Å². The van der Waals surface area contributed by atoms with Gasteiger partial charge in [0.25, 0.3) is 0 Å². The monoisotopic (exact) mass is 570 g/mol. The van der Waals surface area contributed by atoms with Gasteiger partial charge in [-0.05, 0) is 42.3 Å². The second kappa shape index (κ2) is 11.3. The number of anilines is 1. The van der Waals surface area contributed by atoms with Crippen LogP contribution in [0.25, 0.3) is 22.0 Å². The Hall–Kier alpha value is -4.28. The van der Waals surface area contributed by atoms with Gasteiger partial charge in [-0.15, -0.1) is 0 Å². The number of pyridine rings is 1. The molecule has 0 N–H and O–H groups in total. The Morgan fingerprint density at radius 3 is 2.56 bits per heavy atom. The standard InChI is InChI=1S/C31H30N4O5S/c1-22-15-26(33-40-22)17-27(36)21-41(37,38)30-20-35(29-8-3-2-7-28(29)30)19-23-5-4-6-24(16-23)25-9-10-31(32-18-25)34-11-13-39-14-12-34/h2-10,15-16,18,20H,11-14,17,19,21H2,1H3. The number of nitrogens with zero attached hydrogens (tertiary/aromatic N) is 4. The number of Topliss-reactive ketones (excluding diaryl/α,β-unsaturated/α-hetero) is 1. The summed E-state index contributed by atoms with van der Waals surface area (Å²) in [5, 5.41) is 4.40. The summed E-state index contributed by atoms with van der Waals surface area (Å²) in [4.78, 5) is 19.7. The molecule has 1 aliphatic rings. The van der Waals surface area contributed by atoms with Crippen molar-refractivity contribution < 1.29 is 22.5 Å². The van der Waals surface area contributed by atoms with Crippen LogP contribution in [-0.4, -0.2) is 61.0 Å². The quantitative estimate of drug-likeness (QED) is 0.256. The number of ketones is 1. The van der Waals surface area contributed by atoms with Crippen molar-refractivity contribution in [1.29, 1.82) is 0 Å². The minimum absolute atomic E-state index is 0.0930. The lowest BCUT2D eigenvalue weighted by Crippen LogP contribution is -2.36. The molecule has 210 valence electrons. The van der Waals surface area contributed by atoms with E-state index in [0.29, 0.717) is 36.6 Å². The molecular weight excluding hydrogens is 540 g/mol. The van der Waals surface area contributed by atoms with Gasteiger partial charge in [0, 0.05) is 54.6 Å². The number of hydrogen-bond acceptors (Lipinski definition) is 8. The van der Waals surface area contributed by atoms with E-state index in [-0.39, 0.29) is 11.3 Å². The number of rotatable bonds is 9. The summed E-state index contributed by atoms with van der Waals surface area (Å²) >= 11 is 0. The fourth-order valence-electron chi connectivity index (χ4n) is 5.22. The normalized spacial score (nSPS) is 14.0. The Bertz CT molecular complexity index is 1800. The molecule has 0 amide bonds. The average molecular weight is 571 g/mol. The average Bonchev–Trinajstić information content (AvgIpc) is 3.57. The summed E-state index contributed by atoms with van der Waals surface area (Å²) in [5.74, 6) is 0.478. The highest BCUT2D eigenvalue weighted by Gasteiger charge is 2.25. The first-order chi connectivity index (χ1) is 19.9. The van der Waals surface area contributed by atoms with Crippen molar-refractivity contribution in [2.75, 3.05) is 37.0 Å². The van der Waals surface area contributed by atoms with Gasteiger partial charge in [0.1, 0.15) is 17.3 Å². The van der Waals surface area contributed by atoms with Gasteiger partial charge < -0.3 is 18.7 Å². The van der Waals surface area contributed by atoms with Crippen LogP contribution in [-0.2, 0) is 32.3 Å². The molecule has 1 saturated heterocycles. The minimum Gasteiger partial charge on any atom is -0.378 e. The van der Waals surface area contributed by atoms with Crippen molar-refractivity contribution in [3.8, 4) is 11.1 Å². The number of fused-ring (bicyclic) bond motifs is 1. The maximum absolute atomic E-state index is 13.4. The topological polar surface area (TPSA) is 108 Å². The van der Waals surface area contributed by atoms with Gasteiger partial charge in [0.05, 0.1) is 30.2 Å². The first kappa shape index (κ1) is 26.9. The molecule has 0 atom stereocenters. The van der Waals surface area contributed by atoms with Crippen LogP contribution in [0.15, 0.2) is 88.5 Å². The number of aryl methyl sites for hydroxylation is 1. The molecule has 0 bridgehead atoms. The van der Waals surface area contributed by atoms with E-state index in [1.807, 2.05) is 47.2 Å². The molecule has 1 fully saturated rings. The molecule has 0 radical (unpaired) electrons. The van der Waals surface area contributed by atoms with Crippen molar-refractivity contribution in [1.82, 2.24) is 14.7 Å². The molecular formula is C31H30N4O5S. The van der Waals surface area contributed by atoms with Crippen molar-refractivity contribution in [2.45, 2.75) is 24.8 Å². The number of benzene rings is 2. The molecule has 0 saturated carbocycles. The number of para-hydroxylation sites is 1. The molecule has 1 aliphatic heterocycles. The lowest BCUT2D eigenvalue weighted by atomic mass is 10.0. The smallest absolute Gasteiger partial charge is 0.187 e. The first-order valence-electron chi connectivity index (χ1n) is 13.5. The molecule has 3 aromatic heterocycles. The highest BCUT2D eigenvalue weighted by Crippen LogP contribution is 2.29. The zero-order valence-electron chi connectivity index (χ0n) is 22.7. The van der Waals surface area contributed by atoms with Gasteiger partial charge in [-0.2, -0.15) is 0 Å². The molecule has 2 aromatic carbocycles. The molecule has 0 spiro atoms. The number of sulfone groups is 1. The van der Waals surface area contributed by atoms with Gasteiger partial charge in [-0.3, -0.25) is 4.79 Å². The van der Waals surface area contributed by atoms with Crippen LogP contribution >= 0.6 is 0 Å². The zero-order chi connectivity index (χ0) is 28.4. The van der Waals surface area contributed by atoms with E-state index in [9.17, 15) is 13.2 Å². The van der Waals surface area contributed by atoms with E-state index in [0.717, 1.165) is 41.1 Å². The maximum Gasteiger partial charge on any atom is 0.187 e. The van der Waals surface area contributed by atoms with Crippen LogP contribution in [0.3, 0.4) is 0 Å². The highest BCUT2D eigenvalue weighted by molar-refractivity contribution is 7.92. The van der Waals surface area contributed by atoms with Crippen LogP contribution in [0.2, 0.25) is 0 Å². The summed E-state index contributed by atoms with van der Waals surface area (Å²) in [6.07, 6.45) is 3.43. The summed E-state index contributed by atoms with van der Waals surface area (Å²) in [7, 11) is -3.88. The zero-order valence-corrected chi connectivity index (χ0v) is 23.5. The van der Waals surface area contributed by atoms with Crippen molar-refractivity contribution in [2.24, 2.45) is 0 Å². The SMILES string of the molecule is Cc1cc(CC(=O)CS(=O)(=O)c2cn(Cc3cccc(-c4ccc(N5CCOCC5)nc4)c3)c3ccccc23)no1. The molecule has 9 nitrogen and oxygen atoms in total. The molecule has 5 aromatic rings. The van der Waals surface area contributed by atoms with Crippen molar-refractivity contribution in [3.63, 3.8) is 0 Å². The minimum atomic E-state index is -3.88. The van der Waals surface area contributed by atoms with Crippen LogP contribution in [0.1, 0.15) is 17.0 Å². The van der Waals surface area contributed by atoms with Crippen LogP contribution < -0.4 is 4.90 Å². The van der Waals surface area contributed by atoms with E-state index >= 15 is 0 Å². The lowest BCUT2D eigenvalue weighted by Gasteiger charge is -2.27. The van der Waals surface area contributed by atoms with Gasteiger partial charge in [0.15, 0.2) is 15.6 Å². The largest absolute Gasteiger partial charge is 0.378 e. The number of carbonyl (C=O) groups is 1. The second-order valence-corrected chi connectivity index (χ2v) is 12.2. The summed E-state index contributed by atoms with van der Waals surface area (Å²) in [5.41, 5.74) is 4.26. The van der Waals surface area contributed by atoms with Crippen LogP contribution in [0, 0.1) is 6.92 Å². The Labute approximate surface area is 238 Å². The summed E-state index contributed by atoms with van der Waals surface area (Å²) in [6.45, 7) is 5.28. The fraction of sp³-hybridized carbons (Fsp3) is 0.258. The number of ether oxygens (including phenoxy) is 1. The van der Waals surface area contributed by atoms with Crippen LogP contribution in [0.4, 0.5) is 5.82 Å². The third kappa shape index (κ3) is 5.94. The number of morpholine rings is 1. The number of aromatic nitrogens is 3. The van der Waals surface area contributed by atoms with Crippen molar-refractivity contribution >= 4 is 32.3 Å². The lowest BCUT2D eigenvalue weighted by molar-refractivity contribution is -0.116. The Kier molecular flexibility index (Phi) is 7.42. The Balaban J connectivity index is 1.23. The van der Waals surface area contributed by atoms with E-state index in [4.69, 9.17) is 9.26 Å². The van der Waals surface area contributed by atoms with Gasteiger partial charge in [-0.1, -0.05) is 41.6 Å². The third-order valence-electron chi connectivity index (χ3n) is 7.19. The van der Waals surface area contributed by atoms with Crippen molar-refractivity contribution in [3.05, 3.63) is 96.1 Å². The van der Waals surface area contributed by atoms with E-state index in [1.165, 1.54) is 0 Å². The summed E-state index contributed by atoms with van der Waals surface area (Å²) < 4.78 is 39.2. The van der Waals surface area contributed by atoms with Gasteiger partial charge in [0.2, 0.25) is 0 Å². The number of carbonyl (C=O) groups excluding carboxylic acids is 1. The molecule has 41 heavy (non-hydrogen) atoms. The second-order valence-electron chi connectivity index (χ2n) is 10.2. The molecule has 0 unspecified atom stereocenters. The Morgan fingerprint density at radius 1 is 0.976 bits per heavy atom. The maximum atomic E-state index is 13.4. The summed E-state index contributed by atoms with van der Waals surface area (Å²) in [6, 6.07) is 21.3. The molecule has 4 heterocycles. The third-order valence-corrected chi connectivity index (χ3v) is 8.89. The van der Waals surface area contributed by atoms with Gasteiger partial charge >= 0.3 is 0 Å². The van der Waals surface area contributed by atoms with Crippen LogP contribution in [0.5, 0.6) is 0 Å². The predicted molar refractivity (Wildman–Crippen MR) is 156 cm³/mol. The highest BCUT2D eigenvalue weighted by atomic mass is 32.2. The van der Waals surface area contributed by atoms with E-state index in [1.54, 1.807) is 31.3 Å². The van der Waals surface area contributed by atoms with E-state index < -0.39 is 21.4 Å². The number of hydrogen-bond donors (Lipinski definition) is 0. The fourth-order valence-corrected chi connectivity index (χ4v) is 6.69. The molecule has 0 aliphatic carbocycles. The molecule has 10 heteroatoms. The predicted octanol–water partition coefficient (Wildman–Crippen LogP) is 4.47. The Morgan fingerprint density at radius 2 is 1.80 bits per heavy atom.